The number of hydrogen-bond acceptors (Lipinski definition) is 5. The maximum absolute atomic E-state index is 12.7. The van der Waals surface area contributed by atoms with Crippen LogP contribution in [0.15, 0.2) is 66.7 Å². The van der Waals surface area contributed by atoms with Gasteiger partial charge in [-0.05, 0) is 48.0 Å². The molecule has 3 aromatic carbocycles. The van der Waals surface area contributed by atoms with Crippen LogP contribution in [0.5, 0.6) is 28.7 Å². The number of carbonyl (C=O) groups is 1. The normalized spacial score (nSPS) is 11.3. The van der Waals surface area contributed by atoms with Gasteiger partial charge in [0.1, 0.15) is 6.61 Å². The van der Waals surface area contributed by atoms with Crippen LogP contribution in [0, 0.1) is 0 Å². The zero-order chi connectivity index (χ0) is 24.7. The van der Waals surface area contributed by atoms with Crippen LogP contribution in [0.25, 0.3) is 6.08 Å². The van der Waals surface area contributed by atoms with Gasteiger partial charge in [0.2, 0.25) is 5.75 Å². The fraction of sp³-hybridized carbons (Fsp3) is 0.160. The summed E-state index contributed by atoms with van der Waals surface area (Å²) in [7, 11) is 2.78. The van der Waals surface area contributed by atoms with Crippen LogP contribution in [-0.4, -0.2) is 31.9 Å². The molecule has 0 bridgehead atoms. The van der Waals surface area contributed by atoms with Crippen LogP contribution in [0.3, 0.4) is 0 Å². The minimum Gasteiger partial charge on any atom is -0.493 e. The van der Waals surface area contributed by atoms with Crippen molar-refractivity contribution in [1.82, 2.24) is 0 Å². The van der Waals surface area contributed by atoms with Crippen molar-refractivity contribution < 1.29 is 42.0 Å². The first kappa shape index (κ1) is 24.5. The van der Waals surface area contributed by atoms with Crippen molar-refractivity contribution in [3.63, 3.8) is 0 Å². The SMILES string of the molecule is COc1cc(C(=O)O)cc(Oc2ccccc2OCC=Cc2ccc(C(F)(F)F)cc2)c1OC. The van der Waals surface area contributed by atoms with E-state index in [9.17, 15) is 23.1 Å². The number of hydrogen-bond donors (Lipinski definition) is 1. The second-order valence-corrected chi connectivity index (χ2v) is 6.90. The number of benzene rings is 3. The molecule has 0 aromatic heterocycles. The Kier molecular flexibility index (Phi) is 7.68. The molecule has 0 spiro atoms. The molecule has 0 atom stereocenters. The van der Waals surface area contributed by atoms with Crippen molar-refractivity contribution in [2.24, 2.45) is 0 Å². The molecule has 0 heterocycles. The molecule has 0 aliphatic heterocycles. The fourth-order valence-corrected chi connectivity index (χ4v) is 3.01. The average molecular weight is 474 g/mol. The first-order chi connectivity index (χ1) is 16.2. The van der Waals surface area contributed by atoms with Gasteiger partial charge in [0.05, 0.1) is 25.3 Å². The summed E-state index contributed by atoms with van der Waals surface area (Å²) in [6.07, 6.45) is -1.10. The molecule has 1 N–H and O–H groups in total. The summed E-state index contributed by atoms with van der Waals surface area (Å²) >= 11 is 0. The number of carboxylic acid groups (broad SMARTS) is 1. The van der Waals surface area contributed by atoms with Crippen molar-refractivity contribution in [3.05, 3.63) is 83.4 Å². The summed E-state index contributed by atoms with van der Waals surface area (Å²) in [5.41, 5.74) is -0.181. The van der Waals surface area contributed by atoms with Crippen LogP contribution >= 0.6 is 0 Å². The Morgan fingerprint density at radius 1 is 0.912 bits per heavy atom. The van der Waals surface area contributed by atoms with Crippen LogP contribution < -0.4 is 18.9 Å². The molecule has 9 heteroatoms. The van der Waals surface area contributed by atoms with E-state index in [2.05, 4.69) is 0 Å². The molecule has 0 saturated heterocycles. The summed E-state index contributed by atoms with van der Waals surface area (Å²) in [6, 6.07) is 14.1. The maximum Gasteiger partial charge on any atom is 0.416 e. The van der Waals surface area contributed by atoms with E-state index < -0.39 is 17.7 Å². The predicted octanol–water partition coefficient (Wildman–Crippen LogP) is 6.31. The van der Waals surface area contributed by atoms with Crippen molar-refractivity contribution in [3.8, 4) is 28.7 Å². The number of carboxylic acids is 1. The standard InChI is InChI=1S/C25H21F3O6/c1-31-21-14-17(24(29)30)15-22(23(21)32-2)34-20-8-4-3-7-19(20)33-13-5-6-16-9-11-18(12-10-16)25(26,27)28/h3-12,14-15H,13H2,1-2H3,(H,29,30). The Balaban J connectivity index is 1.75. The number of halogens is 3. The summed E-state index contributed by atoms with van der Waals surface area (Å²) in [4.78, 5) is 11.5. The maximum atomic E-state index is 12.7. The lowest BCUT2D eigenvalue weighted by atomic mass is 10.1. The van der Waals surface area contributed by atoms with Gasteiger partial charge in [0.25, 0.3) is 0 Å². The summed E-state index contributed by atoms with van der Waals surface area (Å²) in [5, 5.41) is 9.37. The zero-order valence-corrected chi connectivity index (χ0v) is 18.3. The minimum absolute atomic E-state index is 0.0504. The summed E-state index contributed by atoms with van der Waals surface area (Å²) in [6.45, 7) is 0.108. The van der Waals surface area contributed by atoms with Gasteiger partial charge < -0.3 is 24.1 Å². The van der Waals surface area contributed by atoms with Gasteiger partial charge in [0, 0.05) is 0 Å². The van der Waals surface area contributed by atoms with Crippen molar-refractivity contribution in [2.45, 2.75) is 6.18 Å². The topological polar surface area (TPSA) is 74.2 Å². The molecule has 0 fully saturated rings. The van der Waals surface area contributed by atoms with Crippen LogP contribution in [0.4, 0.5) is 13.2 Å². The van der Waals surface area contributed by atoms with E-state index in [0.717, 1.165) is 12.1 Å². The molecule has 0 radical (unpaired) electrons. The number of para-hydroxylation sites is 2. The van der Waals surface area contributed by atoms with E-state index in [-0.39, 0.29) is 29.4 Å². The number of ether oxygens (including phenoxy) is 4. The molecule has 0 aliphatic carbocycles. The second-order valence-electron chi connectivity index (χ2n) is 6.90. The molecule has 34 heavy (non-hydrogen) atoms. The Bertz CT molecular complexity index is 1170. The van der Waals surface area contributed by atoms with Gasteiger partial charge in [-0.1, -0.05) is 30.3 Å². The Labute approximate surface area is 193 Å². The third-order valence-corrected chi connectivity index (χ3v) is 4.64. The highest BCUT2D eigenvalue weighted by atomic mass is 19.4. The van der Waals surface area contributed by atoms with E-state index in [1.54, 1.807) is 36.4 Å². The average Bonchev–Trinajstić information content (AvgIpc) is 2.81. The Hall–Kier alpha value is -4.14. The largest absolute Gasteiger partial charge is 0.493 e. The molecule has 0 saturated carbocycles. The van der Waals surface area contributed by atoms with E-state index in [1.165, 1.54) is 38.5 Å². The molecule has 0 aliphatic rings. The van der Waals surface area contributed by atoms with E-state index in [1.807, 2.05) is 0 Å². The van der Waals surface area contributed by atoms with Crippen LogP contribution in [0.1, 0.15) is 21.5 Å². The lowest BCUT2D eigenvalue weighted by Gasteiger charge is -2.16. The molecule has 0 amide bonds. The van der Waals surface area contributed by atoms with Gasteiger partial charge in [-0.15, -0.1) is 0 Å². The number of aromatic carboxylic acids is 1. The van der Waals surface area contributed by atoms with E-state index in [4.69, 9.17) is 18.9 Å². The Morgan fingerprint density at radius 3 is 2.15 bits per heavy atom. The molecule has 6 nitrogen and oxygen atoms in total. The zero-order valence-electron chi connectivity index (χ0n) is 18.3. The van der Waals surface area contributed by atoms with Crippen molar-refractivity contribution in [1.29, 1.82) is 0 Å². The van der Waals surface area contributed by atoms with Crippen molar-refractivity contribution >= 4 is 12.0 Å². The minimum atomic E-state index is -4.38. The third kappa shape index (κ3) is 6.00. The Morgan fingerprint density at radius 2 is 1.56 bits per heavy atom. The van der Waals surface area contributed by atoms with Gasteiger partial charge >= 0.3 is 12.1 Å². The number of rotatable bonds is 9. The third-order valence-electron chi connectivity index (χ3n) is 4.64. The molecular formula is C25H21F3O6. The lowest BCUT2D eigenvalue weighted by molar-refractivity contribution is -0.137. The van der Waals surface area contributed by atoms with Gasteiger partial charge in [-0.3, -0.25) is 0 Å². The molecule has 0 unspecified atom stereocenters. The molecule has 3 rings (SSSR count). The highest BCUT2D eigenvalue weighted by Gasteiger charge is 2.29. The first-order valence-corrected chi connectivity index (χ1v) is 9.95. The smallest absolute Gasteiger partial charge is 0.416 e. The fourth-order valence-electron chi connectivity index (χ4n) is 3.01. The number of methoxy groups -OCH3 is 2. The predicted molar refractivity (Wildman–Crippen MR) is 119 cm³/mol. The highest BCUT2D eigenvalue weighted by Crippen LogP contribution is 2.42. The second kappa shape index (κ2) is 10.7. The highest BCUT2D eigenvalue weighted by molar-refractivity contribution is 5.89. The van der Waals surface area contributed by atoms with Crippen molar-refractivity contribution in [2.75, 3.05) is 20.8 Å². The summed E-state index contributed by atoms with van der Waals surface area (Å²) in [5.74, 6) is 0.0220. The number of alkyl halides is 3. The first-order valence-electron chi connectivity index (χ1n) is 9.95. The molecule has 3 aromatic rings. The van der Waals surface area contributed by atoms with Crippen LogP contribution in [0.2, 0.25) is 0 Å². The van der Waals surface area contributed by atoms with E-state index in [0.29, 0.717) is 17.1 Å². The van der Waals surface area contributed by atoms with Crippen LogP contribution in [-0.2, 0) is 6.18 Å². The summed E-state index contributed by atoms with van der Waals surface area (Å²) < 4.78 is 60.2. The van der Waals surface area contributed by atoms with Gasteiger partial charge in [-0.25, -0.2) is 4.79 Å². The lowest BCUT2D eigenvalue weighted by Crippen LogP contribution is -2.04. The van der Waals surface area contributed by atoms with Gasteiger partial charge in [-0.2, -0.15) is 13.2 Å². The monoisotopic (exact) mass is 474 g/mol. The molecule has 178 valence electrons. The van der Waals surface area contributed by atoms with Gasteiger partial charge in [0.15, 0.2) is 23.0 Å². The van der Waals surface area contributed by atoms with E-state index >= 15 is 0 Å². The molecular weight excluding hydrogens is 453 g/mol. The quantitative estimate of drug-likeness (QED) is 0.392.